The van der Waals surface area contributed by atoms with Crippen molar-refractivity contribution in [2.45, 2.75) is 19.8 Å². The van der Waals surface area contributed by atoms with E-state index in [1.807, 2.05) is 6.92 Å². The Morgan fingerprint density at radius 1 is 1.27 bits per heavy atom. The summed E-state index contributed by atoms with van der Waals surface area (Å²) in [5.74, 6) is -2.62. The molecule has 4 nitrogen and oxygen atoms in total. The standard InChI is InChI=1S/C3H4O4.C3H7.Na/c4-2(5)1-3(6)7;1-3-2;/h1H2,(H,4,5)(H,6,7);1,3H2,2H3;/q;-1;+1. The summed E-state index contributed by atoms with van der Waals surface area (Å²) >= 11 is 0. The molecule has 0 fully saturated rings. The Morgan fingerprint density at radius 2 is 1.45 bits per heavy atom. The van der Waals surface area contributed by atoms with E-state index in [-0.39, 0.29) is 29.6 Å². The van der Waals surface area contributed by atoms with Gasteiger partial charge in [-0.1, -0.05) is 6.92 Å². The molecular formula is C6H11NaO4. The molecule has 0 bridgehead atoms. The van der Waals surface area contributed by atoms with Gasteiger partial charge in [-0.15, -0.1) is 0 Å². The van der Waals surface area contributed by atoms with E-state index in [0.29, 0.717) is 0 Å². The molecule has 0 unspecified atom stereocenters. The predicted octanol–water partition coefficient (Wildman–Crippen LogP) is -2.22. The van der Waals surface area contributed by atoms with Crippen LogP contribution in [0.5, 0.6) is 0 Å². The molecule has 0 saturated carbocycles. The van der Waals surface area contributed by atoms with Gasteiger partial charge in [-0.05, 0) is 0 Å². The quantitative estimate of drug-likeness (QED) is 0.279. The molecule has 0 radical (unpaired) electrons. The molecule has 0 atom stereocenters. The normalized spacial score (nSPS) is 6.73. The molecular weight excluding hydrogens is 159 g/mol. The average Bonchev–Trinajstić information content (AvgIpc) is 1.62. The van der Waals surface area contributed by atoms with Crippen molar-refractivity contribution >= 4 is 11.9 Å². The summed E-state index contributed by atoms with van der Waals surface area (Å²) < 4.78 is 0. The zero-order valence-corrected chi connectivity index (χ0v) is 8.83. The topological polar surface area (TPSA) is 74.6 Å². The second-order valence-electron chi connectivity index (χ2n) is 1.46. The van der Waals surface area contributed by atoms with Crippen molar-refractivity contribution in [1.82, 2.24) is 0 Å². The van der Waals surface area contributed by atoms with Gasteiger partial charge in [0.05, 0.1) is 0 Å². The number of hydrogen-bond acceptors (Lipinski definition) is 2. The van der Waals surface area contributed by atoms with Crippen LogP contribution in [0.3, 0.4) is 0 Å². The minimum absolute atomic E-state index is 0. The van der Waals surface area contributed by atoms with Gasteiger partial charge in [0.2, 0.25) is 0 Å². The fourth-order valence-corrected chi connectivity index (χ4v) is 0.129. The molecule has 60 valence electrons. The Morgan fingerprint density at radius 3 is 1.45 bits per heavy atom. The maximum atomic E-state index is 9.43. The molecule has 0 saturated heterocycles. The van der Waals surface area contributed by atoms with Gasteiger partial charge in [-0.2, -0.15) is 6.42 Å². The summed E-state index contributed by atoms with van der Waals surface area (Å²) in [7, 11) is 0. The van der Waals surface area contributed by atoms with Crippen LogP contribution >= 0.6 is 0 Å². The number of rotatable bonds is 2. The van der Waals surface area contributed by atoms with Gasteiger partial charge in [0.25, 0.3) is 0 Å². The van der Waals surface area contributed by atoms with Crippen LogP contribution < -0.4 is 29.6 Å². The van der Waals surface area contributed by atoms with Crippen LogP contribution in [0.25, 0.3) is 0 Å². The second-order valence-corrected chi connectivity index (χ2v) is 1.46. The molecule has 0 heterocycles. The van der Waals surface area contributed by atoms with E-state index in [0.717, 1.165) is 6.42 Å². The van der Waals surface area contributed by atoms with Crippen LogP contribution in [0.15, 0.2) is 0 Å². The Balaban J connectivity index is -0.000000140. The molecule has 0 amide bonds. The van der Waals surface area contributed by atoms with Gasteiger partial charge >= 0.3 is 41.5 Å². The van der Waals surface area contributed by atoms with E-state index < -0.39 is 18.4 Å². The predicted molar refractivity (Wildman–Crippen MR) is 35.5 cm³/mol. The monoisotopic (exact) mass is 170 g/mol. The largest absolute Gasteiger partial charge is 1.00 e. The fraction of sp³-hybridized carbons (Fsp3) is 0.500. The zero-order chi connectivity index (χ0) is 8.57. The SMILES string of the molecule is O=C(O)CC(=O)O.[CH2-]CC.[Na+]. The third-order valence-electron chi connectivity index (χ3n) is 0.302. The summed E-state index contributed by atoms with van der Waals surface area (Å²) in [6, 6.07) is 0. The van der Waals surface area contributed by atoms with Gasteiger partial charge in [0.15, 0.2) is 0 Å². The molecule has 0 aliphatic rings. The number of aliphatic carboxylic acids is 2. The van der Waals surface area contributed by atoms with Crippen LogP contribution in [0.1, 0.15) is 19.8 Å². The maximum absolute atomic E-state index is 9.43. The summed E-state index contributed by atoms with van der Waals surface area (Å²) in [5, 5.41) is 15.4. The van der Waals surface area contributed by atoms with Crippen molar-refractivity contribution in [3.05, 3.63) is 6.92 Å². The fourth-order valence-electron chi connectivity index (χ4n) is 0.129. The third-order valence-corrected chi connectivity index (χ3v) is 0.302. The van der Waals surface area contributed by atoms with E-state index in [1.54, 1.807) is 0 Å². The smallest absolute Gasteiger partial charge is 0.481 e. The van der Waals surface area contributed by atoms with Crippen LogP contribution in [0.2, 0.25) is 0 Å². The zero-order valence-electron chi connectivity index (χ0n) is 6.83. The molecule has 0 aliphatic carbocycles. The third kappa shape index (κ3) is 40.4. The first-order chi connectivity index (χ1) is 4.54. The van der Waals surface area contributed by atoms with E-state index in [4.69, 9.17) is 10.2 Å². The Kier molecular flexibility index (Phi) is 19.6. The average molecular weight is 170 g/mol. The summed E-state index contributed by atoms with van der Waals surface area (Å²) in [6.45, 7) is 5.50. The molecule has 0 aromatic carbocycles. The Bertz CT molecular complexity index is 101. The van der Waals surface area contributed by atoms with E-state index >= 15 is 0 Å². The molecule has 0 aliphatic heterocycles. The number of carboxylic acids is 2. The van der Waals surface area contributed by atoms with Crippen molar-refractivity contribution in [1.29, 1.82) is 0 Å². The van der Waals surface area contributed by atoms with E-state index in [2.05, 4.69) is 6.92 Å². The van der Waals surface area contributed by atoms with Crippen molar-refractivity contribution in [3.63, 3.8) is 0 Å². The van der Waals surface area contributed by atoms with Gasteiger partial charge in [0.1, 0.15) is 6.42 Å². The molecule has 0 aromatic heterocycles. The first-order valence-electron chi connectivity index (χ1n) is 2.77. The summed E-state index contributed by atoms with van der Waals surface area (Å²) in [5.41, 5.74) is 0. The maximum Gasteiger partial charge on any atom is 1.00 e. The van der Waals surface area contributed by atoms with Gasteiger partial charge in [-0.25, -0.2) is 0 Å². The molecule has 0 aromatic rings. The minimum atomic E-state index is -1.31. The van der Waals surface area contributed by atoms with Crippen LogP contribution in [0.4, 0.5) is 0 Å². The van der Waals surface area contributed by atoms with E-state index in [1.165, 1.54) is 0 Å². The van der Waals surface area contributed by atoms with Crippen LogP contribution in [-0.2, 0) is 9.59 Å². The minimum Gasteiger partial charge on any atom is -0.481 e. The second kappa shape index (κ2) is 12.6. The first-order valence-corrected chi connectivity index (χ1v) is 2.77. The molecule has 0 spiro atoms. The van der Waals surface area contributed by atoms with Crippen molar-refractivity contribution < 1.29 is 49.4 Å². The van der Waals surface area contributed by atoms with Gasteiger partial charge in [0, 0.05) is 0 Å². The summed E-state index contributed by atoms with van der Waals surface area (Å²) in [4.78, 5) is 18.9. The molecule has 11 heavy (non-hydrogen) atoms. The van der Waals surface area contributed by atoms with Gasteiger partial charge < -0.3 is 17.1 Å². The number of hydrogen-bond donors (Lipinski definition) is 2. The number of carbonyl (C=O) groups is 2. The first kappa shape index (κ1) is 17.1. The van der Waals surface area contributed by atoms with Crippen molar-refractivity contribution in [2.24, 2.45) is 0 Å². The van der Waals surface area contributed by atoms with E-state index in [9.17, 15) is 9.59 Å². The van der Waals surface area contributed by atoms with Crippen molar-refractivity contribution in [2.75, 3.05) is 0 Å². The molecule has 5 heteroatoms. The number of carboxylic acid groups (broad SMARTS) is 2. The van der Waals surface area contributed by atoms with Crippen LogP contribution in [-0.4, -0.2) is 22.2 Å². The Hall–Kier alpha value is -0.0600. The molecule has 0 rings (SSSR count). The summed E-state index contributed by atoms with van der Waals surface area (Å²) in [6.07, 6.45) is 0.194. The van der Waals surface area contributed by atoms with Crippen molar-refractivity contribution in [3.8, 4) is 0 Å². The Labute approximate surface area is 87.9 Å². The van der Waals surface area contributed by atoms with Gasteiger partial charge in [-0.3, -0.25) is 9.59 Å². The van der Waals surface area contributed by atoms with Crippen LogP contribution in [0, 0.1) is 6.92 Å². The molecule has 2 N–H and O–H groups in total.